The van der Waals surface area contributed by atoms with Crippen LogP contribution in [0.5, 0.6) is 0 Å². The smallest absolute Gasteiger partial charge is 0.323 e. The predicted octanol–water partition coefficient (Wildman–Crippen LogP) is 2.21. The number of aryl methyl sites for hydroxylation is 1. The molecule has 8 N–H and O–H groups in total. The van der Waals surface area contributed by atoms with Crippen LogP contribution >= 0.6 is 0 Å². The van der Waals surface area contributed by atoms with Crippen LogP contribution in [0.2, 0.25) is 0 Å². The van der Waals surface area contributed by atoms with Gasteiger partial charge in [0.15, 0.2) is 0 Å². The molecule has 51 heavy (non-hydrogen) atoms. The van der Waals surface area contributed by atoms with E-state index in [1.54, 1.807) is 51.1 Å². The van der Waals surface area contributed by atoms with Crippen molar-refractivity contribution in [3.8, 4) is 0 Å². The number of carboxylic acid groups (broad SMARTS) is 1. The van der Waals surface area contributed by atoms with Crippen molar-refractivity contribution in [2.45, 2.75) is 97.4 Å². The molecule has 276 valence electrons. The largest absolute Gasteiger partial charge is 0.481 e. The summed E-state index contributed by atoms with van der Waals surface area (Å²) in [5.41, 5.74) is 2.66. The average molecular weight is 708 g/mol. The van der Waals surface area contributed by atoms with Crippen LogP contribution in [0.4, 0.5) is 16.2 Å². The van der Waals surface area contributed by atoms with Crippen LogP contribution in [-0.2, 0) is 35.2 Å². The zero-order chi connectivity index (χ0) is 37.8. The molecule has 0 aromatic heterocycles. The van der Waals surface area contributed by atoms with Crippen molar-refractivity contribution >= 4 is 52.9 Å². The summed E-state index contributed by atoms with van der Waals surface area (Å²) in [6.07, 6.45) is -0.827. The molecule has 1 fully saturated rings. The number of carboxylic acids is 1. The number of carbonyl (C=O) groups excluding carboxylic acids is 6. The molecule has 1 aliphatic heterocycles. The minimum Gasteiger partial charge on any atom is -0.481 e. The van der Waals surface area contributed by atoms with Crippen molar-refractivity contribution in [3.63, 3.8) is 0 Å². The van der Waals surface area contributed by atoms with Gasteiger partial charge in [-0.1, -0.05) is 58.0 Å². The molecule has 1 aliphatic rings. The highest BCUT2D eigenvalue weighted by Crippen LogP contribution is 2.16. The Hall–Kier alpha value is -5.47. The first-order valence-corrected chi connectivity index (χ1v) is 17.0. The third kappa shape index (κ3) is 12.7. The summed E-state index contributed by atoms with van der Waals surface area (Å²) in [5, 5.41) is 28.1. The highest BCUT2D eigenvalue weighted by molar-refractivity contribution is 6.00. The van der Waals surface area contributed by atoms with E-state index in [1.165, 1.54) is 0 Å². The number of rotatable bonds is 9. The second kappa shape index (κ2) is 18.5. The molecule has 15 nitrogen and oxygen atoms in total. The van der Waals surface area contributed by atoms with E-state index in [9.17, 15) is 38.7 Å². The lowest BCUT2D eigenvalue weighted by molar-refractivity contribution is -0.141. The molecule has 15 heteroatoms. The molecule has 2 aromatic rings. The van der Waals surface area contributed by atoms with Crippen LogP contribution in [0.25, 0.3) is 0 Å². The normalized spacial score (nSPS) is 22.3. The van der Waals surface area contributed by atoms with E-state index in [0.29, 0.717) is 16.9 Å². The fourth-order valence-electron chi connectivity index (χ4n) is 5.50. The Bertz CT molecular complexity index is 1590. The zero-order valence-electron chi connectivity index (χ0n) is 29.8. The summed E-state index contributed by atoms with van der Waals surface area (Å²) < 4.78 is 0. The maximum atomic E-state index is 13.8. The van der Waals surface area contributed by atoms with Crippen molar-refractivity contribution in [2.24, 2.45) is 11.8 Å². The van der Waals surface area contributed by atoms with Crippen molar-refractivity contribution in [3.05, 3.63) is 59.7 Å². The fourth-order valence-corrected chi connectivity index (χ4v) is 5.50. The van der Waals surface area contributed by atoms with Crippen LogP contribution in [0, 0.1) is 18.8 Å². The monoisotopic (exact) mass is 707 g/mol. The van der Waals surface area contributed by atoms with Gasteiger partial charge in [-0.15, -0.1) is 0 Å². The first-order valence-electron chi connectivity index (χ1n) is 17.0. The summed E-state index contributed by atoms with van der Waals surface area (Å²) in [6, 6.07) is 7.87. The second-order valence-electron chi connectivity index (χ2n) is 13.6. The molecule has 0 saturated carbocycles. The Labute approximate surface area is 297 Å². The molecular formula is C36H49N7O8. The molecule has 0 aliphatic carbocycles. The minimum absolute atomic E-state index is 0.00346. The zero-order valence-corrected chi connectivity index (χ0v) is 29.8. The van der Waals surface area contributed by atoms with Gasteiger partial charge in [-0.2, -0.15) is 0 Å². The van der Waals surface area contributed by atoms with Gasteiger partial charge in [0.2, 0.25) is 29.5 Å². The van der Waals surface area contributed by atoms with E-state index in [2.05, 4.69) is 37.2 Å². The van der Waals surface area contributed by atoms with Crippen LogP contribution < -0.4 is 37.2 Å². The van der Waals surface area contributed by atoms with Gasteiger partial charge in [0, 0.05) is 30.3 Å². The predicted molar refractivity (Wildman–Crippen MR) is 190 cm³/mol. The molecule has 1 heterocycles. The van der Waals surface area contributed by atoms with Crippen molar-refractivity contribution < 1.29 is 38.7 Å². The number of hydrogen-bond acceptors (Lipinski definition) is 7. The second-order valence-corrected chi connectivity index (χ2v) is 13.6. The Morgan fingerprint density at radius 3 is 1.98 bits per heavy atom. The van der Waals surface area contributed by atoms with Gasteiger partial charge < -0.3 is 42.3 Å². The van der Waals surface area contributed by atoms with Crippen molar-refractivity contribution in [1.82, 2.24) is 26.6 Å². The lowest BCUT2D eigenvalue weighted by Crippen LogP contribution is -2.60. The first kappa shape index (κ1) is 40.0. The van der Waals surface area contributed by atoms with Gasteiger partial charge in [0.25, 0.3) is 0 Å². The van der Waals surface area contributed by atoms with Crippen molar-refractivity contribution in [1.29, 1.82) is 0 Å². The van der Waals surface area contributed by atoms with Crippen LogP contribution in [0.15, 0.2) is 48.5 Å². The average Bonchev–Trinajstić information content (AvgIpc) is 3.03. The van der Waals surface area contributed by atoms with E-state index in [4.69, 9.17) is 0 Å². The summed E-state index contributed by atoms with van der Waals surface area (Å²) in [7, 11) is 0. The molecule has 7 amide bonds. The van der Waals surface area contributed by atoms with Crippen LogP contribution in [-0.4, -0.2) is 76.9 Å². The Morgan fingerprint density at radius 1 is 0.765 bits per heavy atom. The van der Waals surface area contributed by atoms with E-state index in [0.717, 1.165) is 5.56 Å². The van der Waals surface area contributed by atoms with Gasteiger partial charge in [0.05, 0.1) is 6.42 Å². The highest BCUT2D eigenvalue weighted by atomic mass is 16.4. The quantitative estimate of drug-likeness (QED) is 0.192. The Balaban J connectivity index is 1.88. The molecule has 3 rings (SSSR count). The van der Waals surface area contributed by atoms with E-state index < -0.39 is 84.1 Å². The van der Waals surface area contributed by atoms with Gasteiger partial charge >= 0.3 is 12.0 Å². The number of nitrogens with one attached hydrogen (secondary N) is 7. The first-order chi connectivity index (χ1) is 24.0. The number of carbonyl (C=O) groups is 7. The number of hydrogen-bond donors (Lipinski definition) is 8. The summed E-state index contributed by atoms with van der Waals surface area (Å²) in [5.74, 6) is -5.39. The molecule has 5 atom stereocenters. The molecule has 0 unspecified atom stereocenters. The van der Waals surface area contributed by atoms with Crippen LogP contribution in [0.3, 0.4) is 0 Å². The van der Waals surface area contributed by atoms with Crippen LogP contribution in [0.1, 0.15) is 65.0 Å². The fraction of sp³-hybridized carbons (Fsp3) is 0.472. The Kier molecular flexibility index (Phi) is 14.5. The van der Waals surface area contributed by atoms with Gasteiger partial charge in [0.1, 0.15) is 24.2 Å². The number of benzene rings is 2. The lowest BCUT2D eigenvalue weighted by atomic mass is 9.99. The molecule has 0 radical (unpaired) electrons. The van der Waals surface area contributed by atoms with E-state index >= 15 is 0 Å². The maximum absolute atomic E-state index is 13.8. The summed E-state index contributed by atoms with van der Waals surface area (Å²) in [6.45, 7) is 10.5. The number of anilines is 2. The SMILES string of the molecule is Cc1ccccc1NC(=O)Nc1ccc(C[C@H]2NC(=O)C[C@@H](C)NC(=O)[C@H](C(C)C)NC(=O)[C@H](CC(=O)O)NC(=O)[C@H](CC(C)C)NC2=O)cc1. The molecular weight excluding hydrogens is 658 g/mol. The van der Waals surface area contributed by atoms with E-state index in [-0.39, 0.29) is 25.2 Å². The molecule has 0 bridgehead atoms. The molecule has 1 saturated heterocycles. The number of amides is 7. The van der Waals surface area contributed by atoms with Gasteiger partial charge in [-0.05, 0) is 61.4 Å². The van der Waals surface area contributed by atoms with Crippen molar-refractivity contribution in [2.75, 3.05) is 10.6 Å². The van der Waals surface area contributed by atoms with Gasteiger partial charge in [-0.3, -0.25) is 28.8 Å². The van der Waals surface area contributed by atoms with E-state index in [1.807, 2.05) is 39.0 Å². The maximum Gasteiger partial charge on any atom is 0.323 e. The molecule has 2 aromatic carbocycles. The van der Waals surface area contributed by atoms with Gasteiger partial charge in [-0.25, -0.2) is 4.79 Å². The number of urea groups is 1. The summed E-state index contributed by atoms with van der Waals surface area (Å²) in [4.78, 5) is 91.2. The minimum atomic E-state index is -1.54. The summed E-state index contributed by atoms with van der Waals surface area (Å²) >= 11 is 0. The highest BCUT2D eigenvalue weighted by Gasteiger charge is 2.34. The number of aliphatic carboxylic acids is 1. The Morgan fingerprint density at radius 2 is 1.37 bits per heavy atom. The topological polar surface area (TPSA) is 224 Å². The third-order valence-electron chi connectivity index (χ3n) is 8.18. The third-order valence-corrected chi connectivity index (χ3v) is 8.18. The number of para-hydroxylation sites is 1. The standard InChI is InChI=1S/C36H49N7O8/c1-19(2)15-26-32(47)41-28(18-30(45)46)34(49)43-31(20(3)4)35(50)37-22(6)16-29(44)39-27(33(48)40-26)17-23-11-13-24(14-12-23)38-36(51)42-25-10-8-7-9-21(25)5/h7-14,19-20,22,26-28,31H,15-18H2,1-6H3,(H,37,50)(H,39,44)(H,40,48)(H,41,47)(H,43,49)(H,45,46)(H2,38,42,51)/t22-,26+,27-,28+,31+/m1/s1. The molecule has 0 spiro atoms. The lowest BCUT2D eigenvalue weighted by Gasteiger charge is -2.29.